The van der Waals surface area contributed by atoms with Crippen molar-refractivity contribution in [1.29, 1.82) is 0 Å². The van der Waals surface area contributed by atoms with E-state index >= 15 is 0 Å². The van der Waals surface area contributed by atoms with Gasteiger partial charge in [0.25, 0.3) is 0 Å². The van der Waals surface area contributed by atoms with Crippen molar-refractivity contribution in [3.8, 4) is 0 Å². The van der Waals surface area contributed by atoms with Gasteiger partial charge in [-0.15, -0.1) is 11.8 Å². The van der Waals surface area contributed by atoms with Crippen molar-refractivity contribution in [3.05, 3.63) is 64.7 Å². The van der Waals surface area contributed by atoms with E-state index in [4.69, 9.17) is 0 Å². The van der Waals surface area contributed by atoms with Crippen LogP contribution in [0.2, 0.25) is 0 Å². The van der Waals surface area contributed by atoms with Gasteiger partial charge in [0.1, 0.15) is 0 Å². The Labute approximate surface area is 155 Å². The van der Waals surface area contributed by atoms with Crippen LogP contribution in [0, 0.1) is 6.92 Å². The molecule has 2 nitrogen and oxygen atoms in total. The summed E-state index contributed by atoms with van der Waals surface area (Å²) in [6, 6.07) is 15.3. The van der Waals surface area contributed by atoms with Gasteiger partial charge in [0.05, 0.1) is 6.04 Å². The number of benzene rings is 2. The van der Waals surface area contributed by atoms with E-state index < -0.39 is 0 Å². The number of amides is 1. The summed E-state index contributed by atoms with van der Waals surface area (Å²) < 4.78 is 0. The Hall–Kier alpha value is -1.74. The summed E-state index contributed by atoms with van der Waals surface area (Å²) in [5.74, 6) is 0.941. The average Bonchev–Trinajstić information content (AvgIpc) is 2.63. The molecule has 1 aliphatic carbocycles. The second-order valence-corrected chi connectivity index (χ2v) is 8.10. The number of thioether (sulfide) groups is 1. The lowest BCUT2D eigenvalue weighted by atomic mass is 9.89. The van der Waals surface area contributed by atoms with Crippen LogP contribution in [0.25, 0.3) is 0 Å². The molecule has 1 atom stereocenters. The average molecular weight is 354 g/mol. The zero-order valence-electron chi connectivity index (χ0n) is 15.2. The number of aryl methyl sites for hydroxylation is 3. The molecule has 0 fully saturated rings. The minimum Gasteiger partial charge on any atom is -0.350 e. The molecule has 0 saturated carbocycles. The molecule has 2 aromatic rings. The Bertz CT molecular complexity index is 723. The predicted octanol–water partition coefficient (Wildman–Crippen LogP) is 5.23. The Morgan fingerprint density at radius 3 is 2.56 bits per heavy atom. The third-order valence-corrected chi connectivity index (χ3v) is 5.88. The summed E-state index contributed by atoms with van der Waals surface area (Å²) >= 11 is 1.74. The summed E-state index contributed by atoms with van der Waals surface area (Å²) in [7, 11) is 0. The maximum Gasteiger partial charge on any atom is 0.221 e. The Morgan fingerprint density at radius 2 is 1.80 bits per heavy atom. The normalized spacial score (nSPS) is 14.6. The van der Waals surface area contributed by atoms with Gasteiger partial charge in [-0.05, 0) is 68.4 Å². The fraction of sp³-hybridized carbons (Fsp3) is 0.409. The molecule has 0 aromatic heterocycles. The summed E-state index contributed by atoms with van der Waals surface area (Å²) in [6.07, 6.45) is 5.52. The van der Waals surface area contributed by atoms with Gasteiger partial charge < -0.3 is 5.32 Å². The van der Waals surface area contributed by atoms with Crippen molar-refractivity contribution < 1.29 is 4.79 Å². The highest BCUT2D eigenvalue weighted by Gasteiger charge is 2.14. The van der Waals surface area contributed by atoms with E-state index in [2.05, 4.69) is 61.6 Å². The van der Waals surface area contributed by atoms with Crippen LogP contribution < -0.4 is 5.32 Å². The van der Waals surface area contributed by atoms with Gasteiger partial charge >= 0.3 is 0 Å². The minimum absolute atomic E-state index is 0.0732. The predicted molar refractivity (Wildman–Crippen MR) is 106 cm³/mol. The van der Waals surface area contributed by atoms with Crippen molar-refractivity contribution in [1.82, 2.24) is 5.32 Å². The molecule has 132 valence electrons. The fourth-order valence-corrected chi connectivity index (χ4v) is 4.17. The van der Waals surface area contributed by atoms with E-state index in [1.807, 2.05) is 0 Å². The first-order valence-corrected chi connectivity index (χ1v) is 10.2. The van der Waals surface area contributed by atoms with Gasteiger partial charge in [-0.1, -0.05) is 35.9 Å². The van der Waals surface area contributed by atoms with Crippen LogP contribution in [0.4, 0.5) is 0 Å². The lowest BCUT2D eigenvalue weighted by Crippen LogP contribution is -2.27. The molecule has 0 saturated heterocycles. The third kappa shape index (κ3) is 5.12. The van der Waals surface area contributed by atoms with Gasteiger partial charge in [-0.3, -0.25) is 4.79 Å². The van der Waals surface area contributed by atoms with E-state index in [1.165, 1.54) is 52.8 Å². The molecule has 0 aliphatic heterocycles. The zero-order valence-corrected chi connectivity index (χ0v) is 16.0. The van der Waals surface area contributed by atoms with Crippen molar-refractivity contribution in [2.24, 2.45) is 0 Å². The third-order valence-electron chi connectivity index (χ3n) is 4.87. The first-order valence-electron chi connectivity index (χ1n) is 9.22. The highest BCUT2D eigenvalue weighted by Crippen LogP contribution is 2.25. The SMILES string of the molecule is Cc1ccc(SCCC(=O)N[C@H](C)c2ccc3c(c2)CCCC3)cc1. The van der Waals surface area contributed by atoms with Gasteiger partial charge in [-0.2, -0.15) is 0 Å². The smallest absolute Gasteiger partial charge is 0.221 e. The minimum atomic E-state index is 0.0732. The second-order valence-electron chi connectivity index (χ2n) is 6.94. The number of nitrogens with one attached hydrogen (secondary N) is 1. The number of hydrogen-bond acceptors (Lipinski definition) is 2. The number of hydrogen-bond donors (Lipinski definition) is 1. The molecule has 3 heteroatoms. The van der Waals surface area contributed by atoms with E-state index in [0.717, 1.165) is 5.75 Å². The van der Waals surface area contributed by atoms with Crippen LogP contribution in [0.5, 0.6) is 0 Å². The first-order chi connectivity index (χ1) is 12.1. The summed E-state index contributed by atoms with van der Waals surface area (Å²) in [5, 5.41) is 3.15. The molecule has 1 N–H and O–H groups in total. The number of rotatable bonds is 6. The van der Waals surface area contributed by atoms with E-state index in [0.29, 0.717) is 6.42 Å². The maximum atomic E-state index is 12.2. The van der Waals surface area contributed by atoms with Crippen LogP contribution in [0.15, 0.2) is 47.4 Å². The van der Waals surface area contributed by atoms with Crippen LogP contribution in [-0.2, 0) is 17.6 Å². The van der Waals surface area contributed by atoms with Crippen LogP contribution >= 0.6 is 11.8 Å². The summed E-state index contributed by atoms with van der Waals surface area (Å²) in [6.45, 7) is 4.17. The highest BCUT2D eigenvalue weighted by molar-refractivity contribution is 7.99. The second kappa shape index (κ2) is 8.57. The van der Waals surface area contributed by atoms with Crippen LogP contribution in [0.1, 0.15) is 54.5 Å². The quantitative estimate of drug-likeness (QED) is 0.720. The van der Waals surface area contributed by atoms with Gasteiger partial charge in [0.2, 0.25) is 5.91 Å². The molecule has 3 rings (SSSR count). The van der Waals surface area contributed by atoms with Crippen molar-refractivity contribution >= 4 is 17.7 Å². The fourth-order valence-electron chi connectivity index (χ4n) is 3.32. The van der Waals surface area contributed by atoms with Gasteiger partial charge in [-0.25, -0.2) is 0 Å². The van der Waals surface area contributed by atoms with E-state index in [1.54, 1.807) is 11.8 Å². The van der Waals surface area contributed by atoms with E-state index in [9.17, 15) is 4.79 Å². The summed E-state index contributed by atoms with van der Waals surface area (Å²) in [4.78, 5) is 13.5. The molecular formula is C22H27NOS. The molecule has 0 spiro atoms. The van der Waals surface area contributed by atoms with Crippen molar-refractivity contribution in [2.75, 3.05) is 5.75 Å². The lowest BCUT2D eigenvalue weighted by molar-refractivity contribution is -0.121. The lowest BCUT2D eigenvalue weighted by Gasteiger charge is -2.20. The molecule has 0 bridgehead atoms. The first kappa shape index (κ1) is 18.1. The van der Waals surface area contributed by atoms with Gasteiger partial charge in [0, 0.05) is 17.1 Å². The monoisotopic (exact) mass is 353 g/mol. The van der Waals surface area contributed by atoms with Crippen molar-refractivity contribution in [2.45, 2.75) is 56.9 Å². The summed E-state index contributed by atoms with van der Waals surface area (Å²) in [5.41, 5.74) is 5.45. The molecule has 25 heavy (non-hydrogen) atoms. The topological polar surface area (TPSA) is 29.1 Å². The molecule has 1 amide bonds. The molecule has 0 radical (unpaired) electrons. The van der Waals surface area contributed by atoms with Gasteiger partial charge in [0.15, 0.2) is 0 Å². The van der Waals surface area contributed by atoms with Crippen LogP contribution in [-0.4, -0.2) is 11.7 Å². The number of carbonyl (C=O) groups is 1. The molecular weight excluding hydrogens is 326 g/mol. The Balaban J connectivity index is 1.48. The zero-order chi connectivity index (χ0) is 17.6. The maximum absolute atomic E-state index is 12.2. The number of carbonyl (C=O) groups excluding carboxylic acids is 1. The highest BCUT2D eigenvalue weighted by atomic mass is 32.2. The van der Waals surface area contributed by atoms with E-state index in [-0.39, 0.29) is 11.9 Å². The standard InChI is InChI=1S/C22H27NOS/c1-16-7-11-21(12-8-16)25-14-13-22(24)23-17(2)19-10-9-18-5-3-4-6-20(18)15-19/h7-12,15,17H,3-6,13-14H2,1-2H3,(H,23,24)/t17-/m1/s1. The molecule has 0 heterocycles. The Kier molecular flexibility index (Phi) is 6.19. The van der Waals surface area contributed by atoms with Crippen LogP contribution in [0.3, 0.4) is 0 Å². The largest absolute Gasteiger partial charge is 0.350 e. The Morgan fingerprint density at radius 1 is 1.08 bits per heavy atom. The van der Waals surface area contributed by atoms with Crippen molar-refractivity contribution in [3.63, 3.8) is 0 Å². The molecule has 1 aliphatic rings. The molecule has 2 aromatic carbocycles. The number of fused-ring (bicyclic) bond motifs is 1. The molecule has 0 unspecified atom stereocenters.